The van der Waals surface area contributed by atoms with Crippen molar-refractivity contribution < 1.29 is 4.79 Å². The Hall–Kier alpha value is -0.570. The molecule has 0 radical (unpaired) electrons. The predicted molar refractivity (Wildman–Crippen MR) is 46.8 cm³/mol. The maximum absolute atomic E-state index is 11.1. The van der Waals surface area contributed by atoms with Crippen molar-refractivity contribution in [2.24, 2.45) is 5.92 Å². The smallest absolute Gasteiger partial charge is 0.234 e. The van der Waals surface area contributed by atoms with E-state index in [1.54, 1.807) is 0 Å². The molecule has 1 saturated carbocycles. The lowest BCUT2D eigenvalue weighted by Crippen LogP contribution is -2.54. The second-order valence-corrected chi connectivity index (χ2v) is 3.85. The van der Waals surface area contributed by atoms with Crippen LogP contribution < -0.4 is 10.6 Å². The first-order chi connectivity index (χ1) is 5.86. The highest BCUT2D eigenvalue weighted by Gasteiger charge is 2.28. The Labute approximate surface area is 72.9 Å². The van der Waals surface area contributed by atoms with Crippen LogP contribution in [0.25, 0.3) is 0 Å². The minimum Gasteiger partial charge on any atom is -0.351 e. The Morgan fingerprint density at radius 1 is 1.25 bits per heavy atom. The van der Waals surface area contributed by atoms with Crippen molar-refractivity contribution in [1.29, 1.82) is 0 Å². The molecule has 1 aliphatic carbocycles. The Morgan fingerprint density at radius 3 is 2.67 bits per heavy atom. The highest BCUT2D eigenvalue weighted by molar-refractivity contribution is 5.79. The Morgan fingerprint density at radius 2 is 2.00 bits per heavy atom. The van der Waals surface area contributed by atoms with Crippen LogP contribution >= 0.6 is 0 Å². The molecule has 1 aliphatic heterocycles. The molecule has 0 aromatic heterocycles. The van der Waals surface area contributed by atoms with Gasteiger partial charge in [-0.05, 0) is 18.8 Å². The topological polar surface area (TPSA) is 41.1 Å². The van der Waals surface area contributed by atoms with E-state index in [1.165, 1.54) is 25.7 Å². The molecule has 1 amide bonds. The van der Waals surface area contributed by atoms with Crippen LogP contribution in [0.1, 0.15) is 25.7 Å². The number of piperazine rings is 1. The largest absolute Gasteiger partial charge is 0.351 e. The molecule has 12 heavy (non-hydrogen) atoms. The number of carbonyl (C=O) groups is 1. The number of carbonyl (C=O) groups excluding carboxylic acids is 1. The Bertz CT molecular complexity index is 175. The molecule has 3 nitrogen and oxygen atoms in total. The molecule has 1 atom stereocenters. The summed E-state index contributed by atoms with van der Waals surface area (Å²) in [5.74, 6) is 0.903. The van der Waals surface area contributed by atoms with Gasteiger partial charge in [-0.2, -0.15) is 0 Å². The zero-order chi connectivity index (χ0) is 8.39. The van der Waals surface area contributed by atoms with Crippen molar-refractivity contribution in [3.8, 4) is 0 Å². The summed E-state index contributed by atoms with van der Waals surface area (Å²) in [4.78, 5) is 11.1. The van der Waals surface area contributed by atoms with E-state index in [9.17, 15) is 4.79 Å². The van der Waals surface area contributed by atoms with Gasteiger partial charge in [-0.1, -0.05) is 12.8 Å². The Kier molecular flexibility index (Phi) is 2.30. The van der Waals surface area contributed by atoms with Crippen LogP contribution in [-0.2, 0) is 4.79 Å². The standard InChI is InChI=1S/C9H16N2O/c12-9-6-10-5-8(11-9)7-3-1-2-4-7/h7-8,10H,1-6H2,(H,11,12). The van der Waals surface area contributed by atoms with Crippen LogP contribution in [0, 0.1) is 5.92 Å². The minimum absolute atomic E-state index is 0.165. The molecule has 3 heteroatoms. The molecule has 0 aromatic carbocycles. The molecule has 2 aliphatic rings. The third-order valence-electron chi connectivity index (χ3n) is 2.97. The predicted octanol–water partition coefficient (Wildman–Crippen LogP) is 0.265. The van der Waals surface area contributed by atoms with Crippen molar-refractivity contribution in [1.82, 2.24) is 10.6 Å². The average Bonchev–Trinajstić information content (AvgIpc) is 2.56. The second kappa shape index (κ2) is 3.44. The molecular formula is C9H16N2O. The van der Waals surface area contributed by atoms with E-state index in [1.807, 2.05) is 0 Å². The van der Waals surface area contributed by atoms with Crippen LogP contribution in [0.15, 0.2) is 0 Å². The normalized spacial score (nSPS) is 32.0. The van der Waals surface area contributed by atoms with E-state index in [0.29, 0.717) is 12.6 Å². The molecular weight excluding hydrogens is 152 g/mol. The molecule has 1 heterocycles. The van der Waals surface area contributed by atoms with Crippen molar-refractivity contribution >= 4 is 5.91 Å². The molecule has 0 spiro atoms. The van der Waals surface area contributed by atoms with Gasteiger partial charge in [0, 0.05) is 12.6 Å². The van der Waals surface area contributed by atoms with Crippen LogP contribution in [0.5, 0.6) is 0 Å². The van der Waals surface area contributed by atoms with Crippen molar-refractivity contribution in [3.05, 3.63) is 0 Å². The summed E-state index contributed by atoms with van der Waals surface area (Å²) in [6.45, 7) is 1.47. The summed E-state index contributed by atoms with van der Waals surface area (Å²) in [7, 11) is 0. The van der Waals surface area contributed by atoms with E-state index in [2.05, 4.69) is 10.6 Å². The van der Waals surface area contributed by atoms with Crippen LogP contribution in [0.4, 0.5) is 0 Å². The first-order valence-electron chi connectivity index (χ1n) is 4.86. The van der Waals surface area contributed by atoms with Crippen molar-refractivity contribution in [2.75, 3.05) is 13.1 Å². The Balaban J connectivity index is 1.89. The number of amides is 1. The lowest BCUT2D eigenvalue weighted by Gasteiger charge is -2.28. The van der Waals surface area contributed by atoms with E-state index in [-0.39, 0.29) is 5.91 Å². The highest BCUT2D eigenvalue weighted by Crippen LogP contribution is 2.27. The number of rotatable bonds is 1. The fraction of sp³-hybridized carbons (Fsp3) is 0.889. The summed E-state index contributed by atoms with van der Waals surface area (Å²) < 4.78 is 0. The van der Waals surface area contributed by atoms with Gasteiger partial charge < -0.3 is 10.6 Å². The average molecular weight is 168 g/mol. The summed E-state index contributed by atoms with van der Waals surface area (Å²) >= 11 is 0. The third-order valence-corrected chi connectivity index (χ3v) is 2.97. The third kappa shape index (κ3) is 1.61. The number of hydrogen-bond donors (Lipinski definition) is 2. The molecule has 2 rings (SSSR count). The van der Waals surface area contributed by atoms with Crippen LogP contribution in [0.3, 0.4) is 0 Å². The summed E-state index contributed by atoms with van der Waals surface area (Å²) in [6, 6.07) is 0.411. The SMILES string of the molecule is O=C1CNCC(C2CCCC2)N1. The van der Waals surface area contributed by atoms with Gasteiger partial charge in [0.05, 0.1) is 6.54 Å². The summed E-state index contributed by atoms with van der Waals surface area (Å²) in [5.41, 5.74) is 0. The van der Waals surface area contributed by atoms with Gasteiger partial charge >= 0.3 is 0 Å². The lowest BCUT2D eigenvalue weighted by atomic mass is 9.97. The fourth-order valence-electron chi connectivity index (χ4n) is 2.29. The second-order valence-electron chi connectivity index (χ2n) is 3.85. The summed E-state index contributed by atoms with van der Waals surface area (Å²) in [6.07, 6.45) is 5.29. The first kappa shape index (κ1) is 8.05. The molecule has 1 unspecified atom stereocenters. The molecule has 2 N–H and O–H groups in total. The van der Waals surface area contributed by atoms with Gasteiger partial charge in [-0.3, -0.25) is 4.79 Å². The van der Waals surface area contributed by atoms with Crippen LogP contribution in [0.2, 0.25) is 0 Å². The van der Waals surface area contributed by atoms with Gasteiger partial charge in [-0.25, -0.2) is 0 Å². The molecule has 0 bridgehead atoms. The van der Waals surface area contributed by atoms with Crippen molar-refractivity contribution in [3.63, 3.8) is 0 Å². The molecule has 68 valence electrons. The fourth-order valence-corrected chi connectivity index (χ4v) is 2.29. The molecule has 1 saturated heterocycles. The lowest BCUT2D eigenvalue weighted by molar-refractivity contribution is -0.122. The number of hydrogen-bond acceptors (Lipinski definition) is 2. The van der Waals surface area contributed by atoms with E-state index >= 15 is 0 Å². The van der Waals surface area contributed by atoms with Crippen LogP contribution in [-0.4, -0.2) is 25.0 Å². The molecule has 2 fully saturated rings. The van der Waals surface area contributed by atoms with Gasteiger partial charge in [-0.15, -0.1) is 0 Å². The minimum atomic E-state index is 0.165. The van der Waals surface area contributed by atoms with Gasteiger partial charge in [0.15, 0.2) is 0 Å². The van der Waals surface area contributed by atoms with Gasteiger partial charge in [0.1, 0.15) is 0 Å². The summed E-state index contributed by atoms with van der Waals surface area (Å²) in [5, 5.41) is 6.21. The maximum atomic E-state index is 11.1. The highest BCUT2D eigenvalue weighted by atomic mass is 16.2. The molecule has 0 aromatic rings. The van der Waals surface area contributed by atoms with E-state index in [4.69, 9.17) is 0 Å². The maximum Gasteiger partial charge on any atom is 0.234 e. The zero-order valence-electron chi connectivity index (χ0n) is 7.31. The van der Waals surface area contributed by atoms with E-state index in [0.717, 1.165) is 12.5 Å². The van der Waals surface area contributed by atoms with Crippen molar-refractivity contribution in [2.45, 2.75) is 31.7 Å². The first-order valence-corrected chi connectivity index (χ1v) is 4.86. The zero-order valence-corrected chi connectivity index (χ0v) is 7.31. The van der Waals surface area contributed by atoms with Gasteiger partial charge in [0.2, 0.25) is 5.91 Å². The number of nitrogens with one attached hydrogen (secondary N) is 2. The van der Waals surface area contributed by atoms with Gasteiger partial charge in [0.25, 0.3) is 0 Å². The quantitative estimate of drug-likeness (QED) is 0.590. The monoisotopic (exact) mass is 168 g/mol. The van der Waals surface area contributed by atoms with E-state index < -0.39 is 0 Å².